The molecule has 1 nitrogen and oxygen atoms in total. The highest BCUT2D eigenvalue weighted by Crippen LogP contribution is 2.65. The van der Waals surface area contributed by atoms with E-state index in [-0.39, 0.29) is 5.41 Å². The monoisotopic (exact) mass is 927 g/mol. The first kappa shape index (κ1) is 40.9. The zero-order chi connectivity index (χ0) is 47.8. The van der Waals surface area contributed by atoms with Gasteiger partial charge in [-0.1, -0.05) is 225 Å². The Morgan fingerprint density at radius 3 is 1.42 bits per heavy atom. The van der Waals surface area contributed by atoms with Crippen LogP contribution in [-0.2, 0) is 10.8 Å². The molecule has 0 radical (unpaired) electrons. The second-order valence-corrected chi connectivity index (χ2v) is 20.9. The normalized spacial score (nSPS) is 14.8. The average molecular weight is 928 g/mol. The highest BCUT2D eigenvalue weighted by Gasteiger charge is 2.52. The maximum absolute atomic E-state index is 2.68. The van der Waals surface area contributed by atoms with Crippen molar-refractivity contribution >= 4 is 49.4 Å². The zero-order valence-corrected chi connectivity index (χ0v) is 40.4. The van der Waals surface area contributed by atoms with Crippen molar-refractivity contribution in [1.82, 2.24) is 0 Å². The summed E-state index contributed by atoms with van der Waals surface area (Å²) in [4.78, 5) is 2.68. The third-order valence-electron chi connectivity index (χ3n) is 17.6. The molecule has 0 heterocycles. The lowest BCUT2D eigenvalue weighted by Gasteiger charge is -2.34. The van der Waals surface area contributed by atoms with Gasteiger partial charge in [0.2, 0.25) is 0 Å². The lowest BCUT2D eigenvalue weighted by Crippen LogP contribution is -2.26. The Labute approximate surface area is 426 Å². The third kappa shape index (κ3) is 5.52. The minimum Gasteiger partial charge on any atom is -0.309 e. The van der Waals surface area contributed by atoms with E-state index in [2.05, 4.69) is 254 Å². The SMILES string of the molecule is c1ccc(-c2cccc(-c3cc4c(cc3N(c3ccc5c6ccccc6c6ccccc6c5c3)c3cccc5c3-c3ccccc3C53CCCC3)C3(c5ccccc5-c5ccccc53)c3ccccc3-4)c2)cc1. The Bertz CT molecular complexity index is 4200. The van der Waals surface area contributed by atoms with E-state index in [1.807, 2.05) is 0 Å². The van der Waals surface area contributed by atoms with Gasteiger partial charge in [-0.05, 0) is 159 Å². The van der Waals surface area contributed by atoms with Crippen molar-refractivity contribution in [3.63, 3.8) is 0 Å². The quantitative estimate of drug-likeness (QED) is 0.156. The molecule has 0 unspecified atom stereocenters. The highest BCUT2D eigenvalue weighted by molar-refractivity contribution is 6.26. The second-order valence-electron chi connectivity index (χ2n) is 20.9. The van der Waals surface area contributed by atoms with Crippen molar-refractivity contribution in [3.8, 4) is 55.6 Å². The van der Waals surface area contributed by atoms with Gasteiger partial charge >= 0.3 is 0 Å². The number of fused-ring (bicyclic) bond motifs is 21. The van der Waals surface area contributed by atoms with Crippen molar-refractivity contribution < 1.29 is 0 Å². The number of hydrogen-bond acceptors (Lipinski definition) is 1. The van der Waals surface area contributed by atoms with E-state index in [1.54, 1.807) is 0 Å². The minimum atomic E-state index is -0.526. The van der Waals surface area contributed by atoms with Crippen LogP contribution in [0, 0.1) is 0 Å². The fourth-order valence-corrected chi connectivity index (χ4v) is 14.7. The predicted octanol–water partition coefficient (Wildman–Crippen LogP) is 19.1. The molecule has 16 rings (SSSR count). The lowest BCUT2D eigenvalue weighted by atomic mass is 9.70. The van der Waals surface area contributed by atoms with Gasteiger partial charge in [0.25, 0.3) is 0 Å². The number of nitrogens with zero attached hydrogens (tertiary/aromatic N) is 1. The first-order valence-electron chi connectivity index (χ1n) is 26.2. The van der Waals surface area contributed by atoms with Gasteiger partial charge in [-0.3, -0.25) is 0 Å². The summed E-state index contributed by atoms with van der Waals surface area (Å²) in [5, 5.41) is 7.64. The summed E-state index contributed by atoms with van der Waals surface area (Å²) < 4.78 is 0. The number of benzene rings is 12. The molecule has 4 aliphatic carbocycles. The standard InChI is InChI=1S/C72H49N/c1-2-20-46(21-3-1)47-22-18-23-48(42-47)59-44-61-57-30-10-15-35-65(57)72(63-33-13-8-28-55(63)56-29-9-14-34-64(56)72)67(61)45-69(59)73(68-37-19-36-66-70(68)58-31-11-12-32-62(58)71(66)40-16-17-41-71)49-38-39-54-52-26-5-4-24-50(52)51-25-6-7-27-53(51)60(54)43-49/h1-15,18-39,42-45H,16-17,40-41H2. The van der Waals surface area contributed by atoms with Crippen LogP contribution in [0.3, 0.4) is 0 Å². The van der Waals surface area contributed by atoms with E-state index in [4.69, 9.17) is 0 Å². The van der Waals surface area contributed by atoms with E-state index in [1.165, 1.54) is 158 Å². The molecule has 0 aromatic heterocycles. The van der Waals surface area contributed by atoms with Crippen LogP contribution in [0.15, 0.2) is 249 Å². The summed E-state index contributed by atoms with van der Waals surface area (Å²) >= 11 is 0. The maximum Gasteiger partial charge on any atom is 0.0726 e. The Morgan fingerprint density at radius 1 is 0.274 bits per heavy atom. The topological polar surface area (TPSA) is 3.24 Å². The summed E-state index contributed by atoms with van der Waals surface area (Å²) in [6.07, 6.45) is 4.83. The van der Waals surface area contributed by atoms with E-state index < -0.39 is 5.41 Å². The van der Waals surface area contributed by atoms with Crippen LogP contribution >= 0.6 is 0 Å². The van der Waals surface area contributed by atoms with E-state index in [0.717, 1.165) is 5.69 Å². The summed E-state index contributed by atoms with van der Waals surface area (Å²) in [7, 11) is 0. The summed E-state index contributed by atoms with van der Waals surface area (Å²) in [5.41, 5.74) is 24.1. The molecule has 1 fully saturated rings. The van der Waals surface area contributed by atoms with Crippen LogP contribution in [-0.4, -0.2) is 0 Å². The van der Waals surface area contributed by atoms with Crippen LogP contribution in [0.2, 0.25) is 0 Å². The molecule has 73 heavy (non-hydrogen) atoms. The molecule has 0 N–H and O–H groups in total. The average Bonchev–Trinajstić information content (AvgIpc) is 4.29. The van der Waals surface area contributed by atoms with E-state index in [0.29, 0.717) is 0 Å². The van der Waals surface area contributed by atoms with Gasteiger partial charge in [-0.2, -0.15) is 0 Å². The van der Waals surface area contributed by atoms with Crippen LogP contribution < -0.4 is 4.90 Å². The van der Waals surface area contributed by atoms with Gasteiger partial charge in [-0.25, -0.2) is 0 Å². The number of hydrogen-bond donors (Lipinski definition) is 0. The first-order valence-corrected chi connectivity index (χ1v) is 26.2. The van der Waals surface area contributed by atoms with Crippen LogP contribution in [0.4, 0.5) is 17.1 Å². The first-order chi connectivity index (χ1) is 36.2. The molecule has 4 aliphatic rings. The molecule has 12 aromatic carbocycles. The Kier molecular flexibility index (Phi) is 8.61. The molecule has 0 saturated heterocycles. The Balaban J connectivity index is 1.07. The fraction of sp³-hybridized carbons (Fsp3) is 0.0833. The third-order valence-corrected chi connectivity index (χ3v) is 17.6. The van der Waals surface area contributed by atoms with Crippen LogP contribution in [0.5, 0.6) is 0 Å². The summed E-state index contributed by atoms with van der Waals surface area (Å²) in [6, 6.07) is 94.9. The van der Waals surface area contributed by atoms with Gasteiger partial charge in [-0.15, -0.1) is 0 Å². The molecule has 2 spiro atoms. The molecule has 342 valence electrons. The molecule has 1 saturated carbocycles. The highest BCUT2D eigenvalue weighted by atomic mass is 15.1. The van der Waals surface area contributed by atoms with Crippen LogP contribution in [0.1, 0.15) is 59.1 Å². The Hall–Kier alpha value is -8.78. The molecule has 0 bridgehead atoms. The molecular weight excluding hydrogens is 879 g/mol. The smallest absolute Gasteiger partial charge is 0.0726 e. The largest absolute Gasteiger partial charge is 0.309 e. The molecular formula is C72H49N. The second kappa shape index (κ2) is 15.4. The lowest BCUT2D eigenvalue weighted by molar-refractivity contribution is 0.550. The fourth-order valence-electron chi connectivity index (χ4n) is 14.7. The van der Waals surface area contributed by atoms with Crippen molar-refractivity contribution in [2.24, 2.45) is 0 Å². The van der Waals surface area contributed by atoms with Gasteiger partial charge in [0, 0.05) is 22.2 Å². The molecule has 0 amide bonds. The van der Waals surface area contributed by atoms with Crippen molar-refractivity contribution in [3.05, 3.63) is 282 Å². The molecule has 12 aromatic rings. The molecule has 1 heteroatoms. The van der Waals surface area contributed by atoms with Crippen molar-refractivity contribution in [2.45, 2.75) is 36.5 Å². The van der Waals surface area contributed by atoms with Gasteiger partial charge in [0.1, 0.15) is 0 Å². The summed E-state index contributed by atoms with van der Waals surface area (Å²) in [6.45, 7) is 0. The molecule has 0 aliphatic heterocycles. The minimum absolute atomic E-state index is 0.000139. The van der Waals surface area contributed by atoms with Gasteiger partial charge < -0.3 is 4.90 Å². The van der Waals surface area contributed by atoms with Gasteiger partial charge in [0.05, 0.1) is 16.8 Å². The zero-order valence-electron chi connectivity index (χ0n) is 40.4. The van der Waals surface area contributed by atoms with Crippen molar-refractivity contribution in [2.75, 3.05) is 4.90 Å². The van der Waals surface area contributed by atoms with Crippen molar-refractivity contribution in [1.29, 1.82) is 0 Å². The van der Waals surface area contributed by atoms with Gasteiger partial charge in [0.15, 0.2) is 0 Å². The van der Waals surface area contributed by atoms with Crippen LogP contribution in [0.25, 0.3) is 88.0 Å². The predicted molar refractivity (Wildman–Crippen MR) is 305 cm³/mol. The van der Waals surface area contributed by atoms with E-state index >= 15 is 0 Å². The van der Waals surface area contributed by atoms with E-state index in [9.17, 15) is 0 Å². The summed E-state index contributed by atoms with van der Waals surface area (Å²) in [5.74, 6) is 0. The molecule has 0 atom stereocenters. The number of anilines is 3. The maximum atomic E-state index is 2.68. The Morgan fingerprint density at radius 2 is 0.767 bits per heavy atom. The number of rotatable bonds is 5.